The minimum absolute atomic E-state index is 0.137. The van der Waals surface area contributed by atoms with Crippen molar-refractivity contribution in [3.05, 3.63) is 21.8 Å². The summed E-state index contributed by atoms with van der Waals surface area (Å²) in [6.07, 6.45) is 1.08. The predicted octanol–water partition coefficient (Wildman–Crippen LogP) is 2.83. The van der Waals surface area contributed by atoms with Crippen LogP contribution in [0.1, 0.15) is 13.3 Å². The Hall–Kier alpha value is -0.980. The van der Waals surface area contributed by atoms with Crippen LogP contribution in [0.5, 0.6) is 5.75 Å². The van der Waals surface area contributed by atoms with E-state index in [0.717, 1.165) is 21.4 Å². The van der Waals surface area contributed by atoms with Gasteiger partial charge in [0.2, 0.25) is 0 Å². The van der Waals surface area contributed by atoms with Crippen LogP contribution in [-0.2, 0) is 0 Å². The lowest BCUT2D eigenvalue weighted by atomic mass is 10.3. The fourth-order valence-corrected chi connectivity index (χ4v) is 2.20. The van der Waals surface area contributed by atoms with Gasteiger partial charge in [0.05, 0.1) is 12.8 Å². The first-order valence-electron chi connectivity index (χ1n) is 5.51. The van der Waals surface area contributed by atoms with Gasteiger partial charge in [0.25, 0.3) is 0 Å². The summed E-state index contributed by atoms with van der Waals surface area (Å²) in [4.78, 5) is 11.7. The van der Waals surface area contributed by atoms with Crippen molar-refractivity contribution in [3.63, 3.8) is 0 Å². The van der Waals surface area contributed by atoms with Crippen LogP contribution in [0.2, 0.25) is 0 Å². The molecule has 5 heteroatoms. The minimum atomic E-state index is -0.137. The van der Waals surface area contributed by atoms with Gasteiger partial charge in [-0.3, -0.25) is 0 Å². The van der Waals surface area contributed by atoms with Crippen LogP contribution in [-0.4, -0.2) is 19.2 Å². The molecule has 0 unspecified atom stereocenters. The average molecular weight is 346 g/mol. The number of halogens is 1. The molecule has 1 aliphatic rings. The Morgan fingerprint density at radius 1 is 1.53 bits per heavy atom. The van der Waals surface area contributed by atoms with E-state index in [2.05, 4.69) is 40.1 Å². The van der Waals surface area contributed by atoms with E-state index in [1.165, 1.54) is 0 Å². The Labute approximate surface area is 114 Å². The average Bonchev–Trinajstić information content (AvgIpc) is 2.97. The van der Waals surface area contributed by atoms with Gasteiger partial charge in [0.1, 0.15) is 5.75 Å². The van der Waals surface area contributed by atoms with Gasteiger partial charge >= 0.3 is 6.03 Å². The SMILES string of the molecule is COc1ccc(NC(=O)N[C@H]2C[C@H]2C)c(I)c1. The fourth-order valence-electron chi connectivity index (χ4n) is 1.57. The van der Waals surface area contributed by atoms with Crippen molar-refractivity contribution in [2.75, 3.05) is 12.4 Å². The molecular formula is C12H15IN2O2. The molecule has 2 N–H and O–H groups in total. The molecule has 2 amide bonds. The number of hydrogen-bond donors (Lipinski definition) is 2. The third-order valence-electron chi connectivity index (χ3n) is 2.85. The number of benzene rings is 1. The molecule has 1 aliphatic carbocycles. The summed E-state index contributed by atoms with van der Waals surface area (Å²) in [6.45, 7) is 2.13. The van der Waals surface area contributed by atoms with Crippen molar-refractivity contribution < 1.29 is 9.53 Å². The molecule has 0 heterocycles. The summed E-state index contributed by atoms with van der Waals surface area (Å²) in [7, 11) is 1.62. The van der Waals surface area contributed by atoms with Crippen LogP contribution in [0.25, 0.3) is 0 Å². The van der Waals surface area contributed by atoms with Gasteiger partial charge in [-0.15, -0.1) is 0 Å². The smallest absolute Gasteiger partial charge is 0.319 e. The highest BCUT2D eigenvalue weighted by molar-refractivity contribution is 14.1. The maximum Gasteiger partial charge on any atom is 0.319 e. The second kappa shape index (κ2) is 5.12. The number of carbonyl (C=O) groups is 1. The number of methoxy groups -OCH3 is 1. The quantitative estimate of drug-likeness (QED) is 0.827. The number of hydrogen-bond acceptors (Lipinski definition) is 2. The molecule has 1 fully saturated rings. The number of urea groups is 1. The first kappa shape index (κ1) is 12.5. The summed E-state index contributed by atoms with van der Waals surface area (Å²) >= 11 is 2.17. The molecule has 0 saturated heterocycles. The number of ether oxygens (including phenoxy) is 1. The van der Waals surface area contributed by atoms with E-state index in [9.17, 15) is 4.79 Å². The predicted molar refractivity (Wildman–Crippen MR) is 75.4 cm³/mol. The van der Waals surface area contributed by atoms with E-state index >= 15 is 0 Å². The number of carbonyl (C=O) groups excluding carboxylic acids is 1. The standard InChI is InChI=1S/C12H15IN2O2/c1-7-5-11(7)15-12(16)14-10-4-3-8(17-2)6-9(10)13/h3-4,6-7,11H,5H2,1-2H3,(H2,14,15,16)/t7-,11+/m1/s1. The molecule has 0 aromatic heterocycles. The van der Waals surface area contributed by atoms with E-state index in [1.54, 1.807) is 7.11 Å². The topological polar surface area (TPSA) is 50.4 Å². The fraction of sp³-hybridized carbons (Fsp3) is 0.417. The Bertz CT molecular complexity index is 437. The molecule has 17 heavy (non-hydrogen) atoms. The zero-order chi connectivity index (χ0) is 12.4. The monoisotopic (exact) mass is 346 g/mol. The highest BCUT2D eigenvalue weighted by Gasteiger charge is 2.33. The van der Waals surface area contributed by atoms with Gasteiger partial charge in [-0.1, -0.05) is 6.92 Å². The lowest BCUT2D eigenvalue weighted by Crippen LogP contribution is -2.31. The van der Waals surface area contributed by atoms with Crippen LogP contribution in [0.3, 0.4) is 0 Å². The van der Waals surface area contributed by atoms with Crippen molar-refractivity contribution in [1.29, 1.82) is 0 Å². The summed E-state index contributed by atoms with van der Waals surface area (Å²) in [5.74, 6) is 1.40. The van der Waals surface area contributed by atoms with Crippen LogP contribution in [0.15, 0.2) is 18.2 Å². The van der Waals surface area contributed by atoms with Crippen molar-refractivity contribution >= 4 is 34.3 Å². The molecule has 2 rings (SSSR count). The minimum Gasteiger partial charge on any atom is -0.497 e. The molecule has 0 spiro atoms. The lowest BCUT2D eigenvalue weighted by molar-refractivity contribution is 0.251. The summed E-state index contributed by atoms with van der Waals surface area (Å²) < 4.78 is 6.07. The summed E-state index contributed by atoms with van der Waals surface area (Å²) in [5, 5.41) is 5.76. The lowest BCUT2D eigenvalue weighted by Gasteiger charge is -2.09. The van der Waals surface area contributed by atoms with Gasteiger partial charge in [-0.05, 0) is 53.1 Å². The molecule has 1 aromatic rings. The van der Waals surface area contributed by atoms with Crippen LogP contribution >= 0.6 is 22.6 Å². The molecule has 0 aliphatic heterocycles. The Balaban J connectivity index is 1.95. The Morgan fingerprint density at radius 3 is 2.76 bits per heavy atom. The maximum absolute atomic E-state index is 11.7. The summed E-state index contributed by atoms with van der Waals surface area (Å²) in [5.41, 5.74) is 0.803. The van der Waals surface area contributed by atoms with E-state index in [0.29, 0.717) is 12.0 Å². The first-order chi connectivity index (χ1) is 8.10. The molecule has 92 valence electrons. The molecule has 1 saturated carbocycles. The molecule has 2 atom stereocenters. The van der Waals surface area contributed by atoms with Crippen LogP contribution in [0.4, 0.5) is 10.5 Å². The number of nitrogens with one attached hydrogen (secondary N) is 2. The van der Waals surface area contributed by atoms with Crippen molar-refractivity contribution in [3.8, 4) is 5.75 Å². The third kappa shape index (κ3) is 3.24. The number of anilines is 1. The van der Waals surface area contributed by atoms with Crippen molar-refractivity contribution in [2.24, 2.45) is 5.92 Å². The second-order valence-electron chi connectivity index (χ2n) is 4.26. The van der Waals surface area contributed by atoms with Gasteiger partial charge in [0.15, 0.2) is 0 Å². The highest BCUT2D eigenvalue weighted by atomic mass is 127. The molecule has 1 aromatic carbocycles. The van der Waals surface area contributed by atoms with Gasteiger partial charge in [-0.25, -0.2) is 4.79 Å². The van der Waals surface area contributed by atoms with Crippen LogP contribution < -0.4 is 15.4 Å². The van der Waals surface area contributed by atoms with Gasteiger partial charge in [-0.2, -0.15) is 0 Å². The molecular weight excluding hydrogens is 331 g/mol. The largest absolute Gasteiger partial charge is 0.497 e. The van der Waals surface area contributed by atoms with E-state index in [-0.39, 0.29) is 6.03 Å². The number of rotatable bonds is 3. The first-order valence-corrected chi connectivity index (χ1v) is 6.59. The molecule has 0 radical (unpaired) electrons. The highest BCUT2D eigenvalue weighted by Crippen LogP contribution is 2.29. The van der Waals surface area contributed by atoms with Crippen molar-refractivity contribution in [1.82, 2.24) is 5.32 Å². The maximum atomic E-state index is 11.7. The van der Waals surface area contributed by atoms with Gasteiger partial charge < -0.3 is 15.4 Å². The van der Waals surface area contributed by atoms with Crippen molar-refractivity contribution in [2.45, 2.75) is 19.4 Å². The van der Waals surface area contributed by atoms with E-state index < -0.39 is 0 Å². The summed E-state index contributed by atoms with van der Waals surface area (Å²) in [6, 6.07) is 5.76. The van der Waals surface area contributed by atoms with Gasteiger partial charge in [0, 0.05) is 9.61 Å². The van der Waals surface area contributed by atoms with E-state index in [1.807, 2.05) is 18.2 Å². The zero-order valence-electron chi connectivity index (χ0n) is 9.79. The Morgan fingerprint density at radius 2 is 2.24 bits per heavy atom. The third-order valence-corrected chi connectivity index (χ3v) is 3.74. The van der Waals surface area contributed by atoms with Crippen LogP contribution in [0, 0.1) is 9.49 Å². The number of amides is 2. The Kier molecular flexibility index (Phi) is 3.76. The zero-order valence-corrected chi connectivity index (χ0v) is 11.9. The second-order valence-corrected chi connectivity index (χ2v) is 5.43. The molecule has 4 nitrogen and oxygen atoms in total. The molecule has 0 bridgehead atoms. The normalized spacial score (nSPS) is 21.8. The van der Waals surface area contributed by atoms with E-state index in [4.69, 9.17) is 4.74 Å².